The summed E-state index contributed by atoms with van der Waals surface area (Å²) in [5, 5.41) is 13.2. The lowest BCUT2D eigenvalue weighted by molar-refractivity contribution is -0.155. The lowest BCUT2D eigenvalue weighted by Gasteiger charge is -2.30. The van der Waals surface area contributed by atoms with Gasteiger partial charge in [-0.15, -0.1) is 0 Å². The standard InChI is InChI=1S/C29H36N4O5/c1-29(2,3)38-27(35)5-4-16-37-24-9-6-21(7-10-24)25-12-13-30-28(32-25)31-23-8-11-26(22(19-23)20-34)33-14-17-36-18-15-33/h6-13,19,34H,4-5,14-18,20H2,1-3H3,(H,30,31,32). The van der Waals surface area contributed by atoms with Gasteiger partial charge in [0.15, 0.2) is 0 Å². The van der Waals surface area contributed by atoms with Crippen molar-refractivity contribution >= 4 is 23.3 Å². The zero-order chi connectivity index (χ0) is 27.0. The Morgan fingerprint density at radius 2 is 1.87 bits per heavy atom. The summed E-state index contributed by atoms with van der Waals surface area (Å²) in [4.78, 5) is 23.1. The number of hydrogen-bond donors (Lipinski definition) is 2. The van der Waals surface area contributed by atoms with Crippen molar-refractivity contribution in [3.63, 3.8) is 0 Å². The van der Waals surface area contributed by atoms with Crippen molar-refractivity contribution < 1.29 is 24.1 Å². The highest BCUT2D eigenvalue weighted by Crippen LogP contribution is 2.27. The first-order valence-electron chi connectivity index (χ1n) is 12.9. The molecule has 0 atom stereocenters. The molecular formula is C29H36N4O5. The van der Waals surface area contributed by atoms with Crippen LogP contribution in [0.25, 0.3) is 11.3 Å². The van der Waals surface area contributed by atoms with Crippen LogP contribution in [0, 0.1) is 0 Å². The van der Waals surface area contributed by atoms with Gasteiger partial charge in [-0.05, 0) is 75.7 Å². The van der Waals surface area contributed by atoms with E-state index in [4.69, 9.17) is 14.2 Å². The number of morpholine rings is 1. The Morgan fingerprint density at radius 3 is 2.58 bits per heavy atom. The maximum atomic E-state index is 11.8. The van der Waals surface area contributed by atoms with E-state index in [0.29, 0.717) is 38.6 Å². The van der Waals surface area contributed by atoms with E-state index in [1.54, 1.807) is 6.20 Å². The van der Waals surface area contributed by atoms with Crippen LogP contribution in [0.3, 0.4) is 0 Å². The van der Waals surface area contributed by atoms with Crippen molar-refractivity contribution in [3.05, 3.63) is 60.3 Å². The number of aliphatic hydroxyl groups is 1. The molecule has 1 aliphatic rings. The van der Waals surface area contributed by atoms with Gasteiger partial charge in [-0.3, -0.25) is 4.79 Å². The molecule has 2 aromatic carbocycles. The van der Waals surface area contributed by atoms with E-state index in [2.05, 4.69) is 20.2 Å². The van der Waals surface area contributed by atoms with Crippen molar-refractivity contribution in [3.8, 4) is 17.0 Å². The van der Waals surface area contributed by atoms with Crippen molar-refractivity contribution in [2.75, 3.05) is 43.1 Å². The van der Waals surface area contributed by atoms with E-state index >= 15 is 0 Å². The number of aliphatic hydroxyl groups excluding tert-OH is 1. The highest BCUT2D eigenvalue weighted by molar-refractivity contribution is 5.69. The molecule has 9 heteroatoms. The van der Waals surface area contributed by atoms with Crippen LogP contribution < -0.4 is 15.0 Å². The van der Waals surface area contributed by atoms with Gasteiger partial charge in [0.05, 0.1) is 32.1 Å². The number of ether oxygens (including phenoxy) is 3. The predicted molar refractivity (Wildman–Crippen MR) is 147 cm³/mol. The molecule has 2 N–H and O–H groups in total. The van der Waals surface area contributed by atoms with Gasteiger partial charge in [0.25, 0.3) is 0 Å². The molecular weight excluding hydrogens is 484 g/mol. The zero-order valence-electron chi connectivity index (χ0n) is 22.3. The summed E-state index contributed by atoms with van der Waals surface area (Å²) in [6.45, 7) is 8.93. The molecule has 0 bridgehead atoms. The average molecular weight is 521 g/mol. The van der Waals surface area contributed by atoms with Gasteiger partial charge in [0.1, 0.15) is 11.4 Å². The van der Waals surface area contributed by atoms with Crippen LogP contribution in [-0.4, -0.2) is 59.6 Å². The molecule has 38 heavy (non-hydrogen) atoms. The topological polar surface area (TPSA) is 106 Å². The van der Waals surface area contributed by atoms with Gasteiger partial charge in [-0.25, -0.2) is 9.97 Å². The predicted octanol–water partition coefficient (Wildman–Crippen LogP) is 4.72. The number of nitrogens with zero attached hydrogens (tertiary/aromatic N) is 3. The number of carbonyl (C=O) groups is 1. The van der Waals surface area contributed by atoms with Crippen LogP contribution in [-0.2, 0) is 20.9 Å². The number of esters is 1. The van der Waals surface area contributed by atoms with E-state index in [1.807, 2.05) is 69.3 Å². The lowest BCUT2D eigenvalue weighted by atomic mass is 10.1. The summed E-state index contributed by atoms with van der Waals surface area (Å²) in [7, 11) is 0. The van der Waals surface area contributed by atoms with Gasteiger partial charge in [-0.1, -0.05) is 0 Å². The second kappa shape index (κ2) is 12.7. The molecule has 1 saturated heterocycles. The molecule has 2 heterocycles. The molecule has 3 aromatic rings. The third kappa shape index (κ3) is 7.90. The molecule has 0 amide bonds. The molecule has 1 aliphatic heterocycles. The largest absolute Gasteiger partial charge is 0.494 e. The molecule has 202 valence electrons. The second-order valence-corrected chi connectivity index (χ2v) is 10.1. The Morgan fingerprint density at radius 1 is 1.11 bits per heavy atom. The number of hydrogen-bond acceptors (Lipinski definition) is 9. The average Bonchev–Trinajstić information content (AvgIpc) is 2.91. The Labute approximate surface area is 223 Å². The van der Waals surface area contributed by atoms with Gasteiger partial charge < -0.3 is 29.5 Å². The van der Waals surface area contributed by atoms with Gasteiger partial charge in [0.2, 0.25) is 5.95 Å². The number of carbonyl (C=O) groups excluding carboxylic acids is 1. The summed E-state index contributed by atoms with van der Waals surface area (Å²) in [6, 6.07) is 15.4. The van der Waals surface area contributed by atoms with Crippen LogP contribution in [0.2, 0.25) is 0 Å². The SMILES string of the molecule is CC(C)(C)OC(=O)CCCOc1ccc(-c2ccnc(Nc3ccc(N4CCOCC4)c(CO)c3)n2)cc1. The monoisotopic (exact) mass is 520 g/mol. The number of nitrogens with one attached hydrogen (secondary N) is 1. The highest BCUT2D eigenvalue weighted by atomic mass is 16.6. The molecule has 1 fully saturated rings. The number of benzene rings is 2. The molecule has 0 aliphatic carbocycles. The Hall–Kier alpha value is -3.69. The Balaban J connectivity index is 1.34. The number of rotatable bonds is 10. The van der Waals surface area contributed by atoms with E-state index in [1.165, 1.54) is 0 Å². The fourth-order valence-electron chi connectivity index (χ4n) is 4.13. The maximum absolute atomic E-state index is 11.8. The van der Waals surface area contributed by atoms with Crippen LogP contribution in [0.5, 0.6) is 5.75 Å². The summed E-state index contributed by atoms with van der Waals surface area (Å²) >= 11 is 0. The Kier molecular flexibility index (Phi) is 9.15. The Bertz CT molecular complexity index is 1200. The van der Waals surface area contributed by atoms with E-state index in [9.17, 15) is 9.90 Å². The van der Waals surface area contributed by atoms with E-state index < -0.39 is 5.60 Å². The molecule has 0 unspecified atom stereocenters. The number of anilines is 3. The smallest absolute Gasteiger partial charge is 0.306 e. The number of aromatic nitrogens is 2. The van der Waals surface area contributed by atoms with Crippen LogP contribution in [0.1, 0.15) is 39.2 Å². The molecule has 9 nitrogen and oxygen atoms in total. The molecule has 0 spiro atoms. The summed E-state index contributed by atoms with van der Waals surface area (Å²) in [6.07, 6.45) is 2.62. The fourth-order valence-corrected chi connectivity index (χ4v) is 4.13. The van der Waals surface area contributed by atoms with E-state index in [-0.39, 0.29) is 12.6 Å². The van der Waals surface area contributed by atoms with Crippen LogP contribution >= 0.6 is 0 Å². The highest BCUT2D eigenvalue weighted by Gasteiger charge is 2.16. The van der Waals surface area contributed by atoms with Crippen molar-refractivity contribution in [2.24, 2.45) is 0 Å². The van der Waals surface area contributed by atoms with Crippen LogP contribution in [0.15, 0.2) is 54.7 Å². The molecule has 1 aromatic heterocycles. The zero-order valence-corrected chi connectivity index (χ0v) is 22.3. The van der Waals surface area contributed by atoms with Crippen LogP contribution in [0.4, 0.5) is 17.3 Å². The van der Waals surface area contributed by atoms with Gasteiger partial charge in [-0.2, -0.15) is 0 Å². The van der Waals surface area contributed by atoms with Gasteiger partial charge >= 0.3 is 5.97 Å². The third-order valence-corrected chi connectivity index (χ3v) is 5.88. The lowest BCUT2D eigenvalue weighted by Crippen LogP contribution is -2.36. The minimum atomic E-state index is -0.472. The van der Waals surface area contributed by atoms with Crippen molar-refractivity contribution in [2.45, 2.75) is 45.8 Å². The van der Waals surface area contributed by atoms with Gasteiger partial charge in [0, 0.05) is 48.2 Å². The summed E-state index contributed by atoms with van der Waals surface area (Å²) in [5.41, 5.74) is 3.89. The first-order chi connectivity index (χ1) is 18.3. The first-order valence-corrected chi connectivity index (χ1v) is 12.9. The van der Waals surface area contributed by atoms with Crippen molar-refractivity contribution in [1.82, 2.24) is 9.97 Å². The molecule has 0 saturated carbocycles. The minimum absolute atomic E-state index is 0.0570. The fraction of sp³-hybridized carbons (Fsp3) is 0.414. The van der Waals surface area contributed by atoms with E-state index in [0.717, 1.165) is 47.0 Å². The first kappa shape index (κ1) is 27.3. The second-order valence-electron chi connectivity index (χ2n) is 10.1. The third-order valence-electron chi connectivity index (χ3n) is 5.88. The quantitative estimate of drug-likeness (QED) is 0.290. The molecule has 4 rings (SSSR count). The van der Waals surface area contributed by atoms with Crippen molar-refractivity contribution in [1.29, 1.82) is 0 Å². The maximum Gasteiger partial charge on any atom is 0.306 e. The minimum Gasteiger partial charge on any atom is -0.494 e. The normalized spacial score (nSPS) is 13.7. The molecule has 0 radical (unpaired) electrons. The summed E-state index contributed by atoms with van der Waals surface area (Å²) < 4.78 is 16.5. The summed E-state index contributed by atoms with van der Waals surface area (Å²) in [5.74, 6) is 0.973.